The summed E-state index contributed by atoms with van der Waals surface area (Å²) in [5.74, 6) is 0.00289. The molecule has 7 heteroatoms. The van der Waals surface area contributed by atoms with Gasteiger partial charge in [0, 0.05) is 32.8 Å². The molecule has 0 heterocycles. The molecule has 5 nitrogen and oxygen atoms in total. The fourth-order valence-corrected chi connectivity index (χ4v) is 1.97. The van der Waals surface area contributed by atoms with Crippen LogP contribution in [-0.4, -0.2) is 50.7 Å². The van der Waals surface area contributed by atoms with Gasteiger partial charge in [-0.3, -0.25) is 9.69 Å². The number of rotatable bonds is 10. The van der Waals surface area contributed by atoms with Crippen molar-refractivity contribution in [2.75, 3.05) is 33.9 Å². The van der Waals surface area contributed by atoms with Gasteiger partial charge in [0.2, 0.25) is 5.91 Å². The van der Waals surface area contributed by atoms with Crippen LogP contribution in [0, 0.1) is 0 Å². The molecule has 2 N–H and O–H groups in total. The van der Waals surface area contributed by atoms with Gasteiger partial charge in [0.1, 0.15) is 0 Å². The number of halogens is 2. The second-order valence-corrected chi connectivity index (χ2v) is 5.72. The number of nitrogens with one attached hydrogen (secondary N) is 2. The number of methoxy groups -OCH3 is 1. The summed E-state index contributed by atoms with van der Waals surface area (Å²) in [6.45, 7) is 7.41. The zero-order valence-corrected chi connectivity index (χ0v) is 16.6. The zero-order chi connectivity index (χ0) is 16.4. The molecule has 0 atom stereocenters. The van der Waals surface area contributed by atoms with Crippen LogP contribution in [0.15, 0.2) is 24.3 Å². The Morgan fingerprint density at radius 1 is 1.21 bits per heavy atom. The van der Waals surface area contributed by atoms with Gasteiger partial charge in [-0.15, -0.1) is 24.8 Å². The van der Waals surface area contributed by atoms with E-state index < -0.39 is 0 Å². The molecule has 1 rings (SSSR count). The van der Waals surface area contributed by atoms with Crippen LogP contribution >= 0.6 is 24.8 Å². The summed E-state index contributed by atoms with van der Waals surface area (Å²) in [6.07, 6.45) is 0. The molecular formula is C17H31Cl2N3O2. The quantitative estimate of drug-likeness (QED) is 0.612. The number of hydrogen-bond acceptors (Lipinski definition) is 4. The number of carbonyl (C=O) groups is 1. The van der Waals surface area contributed by atoms with Gasteiger partial charge in [-0.05, 0) is 32.0 Å². The summed E-state index contributed by atoms with van der Waals surface area (Å²) >= 11 is 0. The van der Waals surface area contributed by atoms with Crippen LogP contribution in [0.2, 0.25) is 0 Å². The minimum Gasteiger partial charge on any atom is -0.383 e. The fourth-order valence-electron chi connectivity index (χ4n) is 1.97. The van der Waals surface area contributed by atoms with Crippen molar-refractivity contribution in [1.29, 1.82) is 0 Å². The molecule has 0 spiro atoms. The number of benzene rings is 1. The molecule has 0 bridgehead atoms. The first-order valence-electron chi connectivity index (χ1n) is 7.78. The molecule has 0 radical (unpaired) electrons. The molecule has 0 saturated carbocycles. The highest BCUT2D eigenvalue weighted by atomic mass is 35.5. The third kappa shape index (κ3) is 10.1. The summed E-state index contributed by atoms with van der Waals surface area (Å²) in [7, 11) is 3.76. The lowest BCUT2D eigenvalue weighted by Crippen LogP contribution is -2.35. The molecule has 0 unspecified atom stereocenters. The van der Waals surface area contributed by atoms with Gasteiger partial charge in [-0.1, -0.05) is 24.3 Å². The van der Waals surface area contributed by atoms with Crippen LogP contribution < -0.4 is 10.6 Å². The Labute approximate surface area is 158 Å². The van der Waals surface area contributed by atoms with E-state index in [1.54, 1.807) is 7.11 Å². The second kappa shape index (κ2) is 14.5. The summed E-state index contributed by atoms with van der Waals surface area (Å²) in [6, 6.07) is 8.74. The number of amides is 1. The van der Waals surface area contributed by atoms with Gasteiger partial charge in [0.05, 0.1) is 13.2 Å². The normalized spacial score (nSPS) is 10.2. The van der Waals surface area contributed by atoms with Crippen molar-refractivity contribution in [1.82, 2.24) is 15.5 Å². The Morgan fingerprint density at radius 2 is 1.83 bits per heavy atom. The molecule has 24 heavy (non-hydrogen) atoms. The first-order chi connectivity index (χ1) is 10.5. The topological polar surface area (TPSA) is 53.6 Å². The summed E-state index contributed by atoms with van der Waals surface area (Å²) in [5, 5.41) is 6.00. The summed E-state index contributed by atoms with van der Waals surface area (Å²) in [5.41, 5.74) is 2.42. The molecule has 0 aliphatic rings. The van der Waals surface area contributed by atoms with E-state index in [0.717, 1.165) is 6.54 Å². The molecule has 0 aliphatic heterocycles. The Hall–Kier alpha value is -0.850. The molecule has 1 aromatic rings. The van der Waals surface area contributed by atoms with Crippen molar-refractivity contribution in [2.24, 2.45) is 0 Å². The van der Waals surface area contributed by atoms with E-state index in [2.05, 4.69) is 48.6 Å². The molecule has 1 amide bonds. The number of carbonyl (C=O) groups excluding carboxylic acids is 1. The van der Waals surface area contributed by atoms with E-state index in [0.29, 0.717) is 32.3 Å². The van der Waals surface area contributed by atoms with E-state index in [-0.39, 0.29) is 30.7 Å². The van der Waals surface area contributed by atoms with Crippen LogP contribution in [0.4, 0.5) is 0 Å². The zero-order valence-electron chi connectivity index (χ0n) is 15.0. The van der Waals surface area contributed by atoms with Crippen LogP contribution in [0.25, 0.3) is 0 Å². The monoisotopic (exact) mass is 379 g/mol. The van der Waals surface area contributed by atoms with Gasteiger partial charge in [0.25, 0.3) is 0 Å². The smallest absolute Gasteiger partial charge is 0.234 e. The highest BCUT2D eigenvalue weighted by Crippen LogP contribution is 2.12. The Balaban J connectivity index is 0. The predicted octanol–water partition coefficient (Wildman–Crippen LogP) is 2.22. The van der Waals surface area contributed by atoms with Crippen LogP contribution in [0.5, 0.6) is 0 Å². The SMILES string of the molecule is COCCNCC(=O)NCc1ccccc1CN(C)C(C)C.Cl.Cl. The molecule has 1 aromatic carbocycles. The minimum absolute atomic E-state index is 0. The van der Waals surface area contributed by atoms with Crippen molar-refractivity contribution in [3.8, 4) is 0 Å². The van der Waals surface area contributed by atoms with E-state index in [1.807, 2.05) is 12.1 Å². The fraction of sp³-hybridized carbons (Fsp3) is 0.588. The van der Waals surface area contributed by atoms with Crippen molar-refractivity contribution in [2.45, 2.75) is 33.0 Å². The number of ether oxygens (including phenoxy) is 1. The molecule has 0 aromatic heterocycles. The van der Waals surface area contributed by atoms with E-state index in [1.165, 1.54) is 11.1 Å². The largest absolute Gasteiger partial charge is 0.383 e. The Morgan fingerprint density at radius 3 is 2.42 bits per heavy atom. The van der Waals surface area contributed by atoms with Crippen LogP contribution in [0.3, 0.4) is 0 Å². The van der Waals surface area contributed by atoms with Crippen molar-refractivity contribution < 1.29 is 9.53 Å². The van der Waals surface area contributed by atoms with Gasteiger partial charge in [-0.25, -0.2) is 0 Å². The van der Waals surface area contributed by atoms with Crippen LogP contribution in [0.1, 0.15) is 25.0 Å². The molecule has 0 aliphatic carbocycles. The van der Waals surface area contributed by atoms with Crippen LogP contribution in [-0.2, 0) is 22.6 Å². The highest BCUT2D eigenvalue weighted by Gasteiger charge is 2.09. The Bertz CT molecular complexity index is 459. The number of nitrogens with zero attached hydrogens (tertiary/aromatic N) is 1. The molecule has 0 fully saturated rings. The van der Waals surface area contributed by atoms with E-state index in [4.69, 9.17) is 4.74 Å². The first-order valence-corrected chi connectivity index (χ1v) is 7.78. The minimum atomic E-state index is 0. The van der Waals surface area contributed by atoms with E-state index >= 15 is 0 Å². The standard InChI is InChI=1S/C17H29N3O2.2ClH/c1-14(2)20(3)13-16-8-6-5-7-15(16)11-19-17(21)12-18-9-10-22-4;;/h5-8,14,18H,9-13H2,1-4H3,(H,19,21);2*1H. The molecule has 140 valence electrons. The lowest BCUT2D eigenvalue weighted by molar-refractivity contribution is -0.120. The Kier molecular flexibility index (Phi) is 15.3. The maximum absolute atomic E-state index is 11.8. The lowest BCUT2D eigenvalue weighted by atomic mass is 10.1. The average Bonchev–Trinajstić information content (AvgIpc) is 2.50. The number of hydrogen-bond donors (Lipinski definition) is 2. The highest BCUT2D eigenvalue weighted by molar-refractivity contribution is 5.85. The van der Waals surface area contributed by atoms with E-state index in [9.17, 15) is 4.79 Å². The molecular weight excluding hydrogens is 349 g/mol. The third-order valence-electron chi connectivity index (χ3n) is 3.66. The summed E-state index contributed by atoms with van der Waals surface area (Å²) in [4.78, 5) is 14.1. The predicted molar refractivity (Wildman–Crippen MR) is 104 cm³/mol. The van der Waals surface area contributed by atoms with Gasteiger partial charge in [-0.2, -0.15) is 0 Å². The van der Waals surface area contributed by atoms with Crippen molar-refractivity contribution >= 4 is 30.7 Å². The van der Waals surface area contributed by atoms with Gasteiger partial charge < -0.3 is 15.4 Å². The summed E-state index contributed by atoms with van der Waals surface area (Å²) < 4.78 is 4.93. The van der Waals surface area contributed by atoms with Gasteiger partial charge in [0.15, 0.2) is 0 Å². The van der Waals surface area contributed by atoms with Crippen molar-refractivity contribution in [3.05, 3.63) is 35.4 Å². The van der Waals surface area contributed by atoms with Crippen molar-refractivity contribution in [3.63, 3.8) is 0 Å². The second-order valence-electron chi connectivity index (χ2n) is 5.72. The average molecular weight is 380 g/mol. The molecule has 0 saturated heterocycles. The first kappa shape index (κ1) is 25.4. The maximum atomic E-state index is 11.8. The maximum Gasteiger partial charge on any atom is 0.234 e. The lowest BCUT2D eigenvalue weighted by Gasteiger charge is -2.22. The van der Waals surface area contributed by atoms with Gasteiger partial charge >= 0.3 is 0 Å². The third-order valence-corrected chi connectivity index (χ3v) is 3.66.